The Hall–Kier alpha value is -1.06. The zero-order chi connectivity index (χ0) is 14.6. The summed E-state index contributed by atoms with van der Waals surface area (Å²) in [5, 5.41) is 5.07. The van der Waals surface area contributed by atoms with Crippen molar-refractivity contribution in [3.8, 4) is 5.75 Å². The summed E-state index contributed by atoms with van der Waals surface area (Å²) in [7, 11) is -1.95. The number of hydrogen-bond donors (Lipinski definition) is 1. The molecule has 2 aromatic rings. The summed E-state index contributed by atoms with van der Waals surface area (Å²) in [4.78, 5) is 0.159. The molecule has 106 valence electrons. The van der Waals surface area contributed by atoms with E-state index in [1.54, 1.807) is 19.2 Å². The van der Waals surface area contributed by atoms with Crippen molar-refractivity contribution in [3.05, 3.63) is 54.1 Å². The van der Waals surface area contributed by atoms with Crippen molar-refractivity contribution in [3.63, 3.8) is 0 Å². The maximum atomic E-state index is 11.2. The molecule has 6 heteroatoms. The molecule has 2 rings (SSSR count). The van der Waals surface area contributed by atoms with E-state index in [-0.39, 0.29) is 25.8 Å². The molecule has 2 aromatic carbocycles. The van der Waals surface area contributed by atoms with Gasteiger partial charge in [0.05, 0.1) is 0 Å². The molecule has 0 aliphatic carbocycles. The van der Waals surface area contributed by atoms with Crippen LogP contribution in [0.1, 0.15) is 5.56 Å². The normalized spacial score (nSPS) is 11.3. The van der Waals surface area contributed by atoms with Crippen LogP contribution in [-0.4, -0.2) is 36.5 Å². The number of primary sulfonamides is 1. The summed E-state index contributed by atoms with van der Waals surface area (Å²) in [6.07, 6.45) is 0. The summed E-state index contributed by atoms with van der Waals surface area (Å²) in [6, 6.07) is 14.9. The summed E-state index contributed by atoms with van der Waals surface area (Å²) < 4.78 is 29.8. The molecule has 0 atom stereocenters. The van der Waals surface area contributed by atoms with E-state index >= 15 is 0 Å². The molecular formula is C14H15NO3STe. The van der Waals surface area contributed by atoms with E-state index < -0.39 is 10.0 Å². The van der Waals surface area contributed by atoms with Crippen molar-refractivity contribution in [1.29, 1.82) is 0 Å². The van der Waals surface area contributed by atoms with Gasteiger partial charge < -0.3 is 0 Å². The van der Waals surface area contributed by atoms with Crippen LogP contribution in [0.15, 0.2) is 53.4 Å². The maximum absolute atomic E-state index is 11.2. The van der Waals surface area contributed by atoms with E-state index in [0.29, 0.717) is 0 Å². The van der Waals surface area contributed by atoms with Crippen molar-refractivity contribution in [2.24, 2.45) is 5.14 Å². The van der Waals surface area contributed by atoms with Gasteiger partial charge in [-0.25, -0.2) is 0 Å². The zero-order valence-corrected chi connectivity index (χ0v) is 14.1. The van der Waals surface area contributed by atoms with E-state index in [2.05, 4.69) is 12.1 Å². The van der Waals surface area contributed by atoms with Crippen LogP contribution in [0, 0.1) is 0 Å². The average molecular weight is 405 g/mol. The Labute approximate surface area is 129 Å². The van der Waals surface area contributed by atoms with Gasteiger partial charge in [-0.1, -0.05) is 0 Å². The Morgan fingerprint density at radius 1 is 1.05 bits per heavy atom. The van der Waals surface area contributed by atoms with Crippen LogP contribution in [-0.2, 0) is 14.5 Å². The standard InChI is InChI=1S/C14H15NO3STe/c1-18-12-4-8-14(9-5-12)20-10-11-2-6-13(7-3-11)19(15,16)17/h2-9H,10H2,1H3,(H2,15,16,17). The minimum absolute atomic E-state index is 0.159. The van der Waals surface area contributed by atoms with Crippen molar-refractivity contribution >= 4 is 34.6 Å². The summed E-state index contributed by atoms with van der Waals surface area (Å²) in [5.74, 6) is 0.860. The van der Waals surface area contributed by atoms with Crippen LogP contribution in [0.2, 0.25) is 0 Å². The molecule has 0 radical (unpaired) electrons. The van der Waals surface area contributed by atoms with Gasteiger partial charge >= 0.3 is 129 Å². The van der Waals surface area contributed by atoms with Crippen LogP contribution in [0.25, 0.3) is 0 Å². The molecule has 0 saturated carbocycles. The Kier molecular flexibility index (Phi) is 5.05. The SMILES string of the molecule is COc1ccc([Te]Cc2ccc(S(N)(=O)=O)cc2)cc1. The molecule has 0 amide bonds. The van der Waals surface area contributed by atoms with Gasteiger partial charge in [0.1, 0.15) is 0 Å². The van der Waals surface area contributed by atoms with E-state index in [4.69, 9.17) is 9.88 Å². The van der Waals surface area contributed by atoms with Crippen molar-refractivity contribution in [1.82, 2.24) is 0 Å². The number of rotatable bonds is 5. The number of sulfonamides is 1. The number of benzene rings is 2. The second-order valence-corrected chi connectivity index (χ2v) is 8.71. The van der Waals surface area contributed by atoms with Crippen molar-refractivity contribution in [2.75, 3.05) is 7.11 Å². The number of methoxy groups -OCH3 is 1. The molecule has 0 aliphatic heterocycles. The van der Waals surface area contributed by atoms with E-state index in [1.807, 2.05) is 24.3 Å². The predicted octanol–water partition coefficient (Wildman–Crippen LogP) is 0.872. The second kappa shape index (κ2) is 6.59. The molecule has 0 fully saturated rings. The summed E-state index contributed by atoms with van der Waals surface area (Å²) >= 11 is -0.333. The molecule has 0 aromatic heterocycles. The van der Waals surface area contributed by atoms with Crippen LogP contribution in [0.3, 0.4) is 0 Å². The third kappa shape index (κ3) is 4.22. The third-order valence-electron chi connectivity index (χ3n) is 2.72. The van der Waals surface area contributed by atoms with Crippen LogP contribution >= 0.6 is 0 Å². The molecule has 4 nitrogen and oxygen atoms in total. The summed E-state index contributed by atoms with van der Waals surface area (Å²) in [6.45, 7) is 0. The first-order valence-corrected chi connectivity index (χ1v) is 10.2. The van der Waals surface area contributed by atoms with Crippen molar-refractivity contribution in [2.45, 2.75) is 9.36 Å². The predicted molar refractivity (Wildman–Crippen MR) is 79.9 cm³/mol. The Bertz CT molecular complexity index is 667. The van der Waals surface area contributed by atoms with Gasteiger partial charge in [0.2, 0.25) is 0 Å². The number of ether oxygens (including phenoxy) is 1. The van der Waals surface area contributed by atoms with Crippen LogP contribution in [0.5, 0.6) is 5.75 Å². The molecule has 0 aliphatic rings. The Balaban J connectivity index is 2.00. The van der Waals surface area contributed by atoms with Gasteiger partial charge in [-0.2, -0.15) is 0 Å². The molecule has 0 heterocycles. The zero-order valence-electron chi connectivity index (χ0n) is 10.9. The van der Waals surface area contributed by atoms with Gasteiger partial charge in [-0.05, 0) is 0 Å². The molecule has 0 saturated heterocycles. The van der Waals surface area contributed by atoms with E-state index in [9.17, 15) is 8.42 Å². The monoisotopic (exact) mass is 407 g/mol. The quantitative estimate of drug-likeness (QED) is 0.752. The Morgan fingerprint density at radius 2 is 1.65 bits per heavy atom. The molecular weight excluding hydrogens is 390 g/mol. The molecule has 0 spiro atoms. The molecule has 2 N–H and O–H groups in total. The Morgan fingerprint density at radius 3 is 2.15 bits per heavy atom. The topological polar surface area (TPSA) is 69.4 Å². The molecule has 0 bridgehead atoms. The van der Waals surface area contributed by atoms with E-state index in [1.165, 1.54) is 3.61 Å². The fraction of sp³-hybridized carbons (Fsp3) is 0.143. The average Bonchev–Trinajstić information content (AvgIpc) is 2.45. The molecule has 20 heavy (non-hydrogen) atoms. The fourth-order valence-corrected chi connectivity index (χ4v) is 4.57. The van der Waals surface area contributed by atoms with Crippen LogP contribution in [0.4, 0.5) is 0 Å². The first kappa shape index (κ1) is 15.3. The van der Waals surface area contributed by atoms with Gasteiger partial charge in [0.15, 0.2) is 0 Å². The first-order valence-electron chi connectivity index (χ1n) is 5.87. The van der Waals surface area contributed by atoms with Gasteiger partial charge in [-0.15, -0.1) is 0 Å². The first-order chi connectivity index (χ1) is 9.49. The van der Waals surface area contributed by atoms with E-state index in [0.717, 1.165) is 15.8 Å². The summed E-state index contributed by atoms with van der Waals surface area (Å²) in [5.41, 5.74) is 1.13. The second-order valence-electron chi connectivity index (χ2n) is 4.15. The van der Waals surface area contributed by atoms with Gasteiger partial charge in [0.25, 0.3) is 0 Å². The van der Waals surface area contributed by atoms with Gasteiger partial charge in [-0.3, -0.25) is 0 Å². The number of hydrogen-bond acceptors (Lipinski definition) is 3. The van der Waals surface area contributed by atoms with Gasteiger partial charge in [0, 0.05) is 0 Å². The number of nitrogens with two attached hydrogens (primary N) is 1. The fourth-order valence-electron chi connectivity index (χ4n) is 1.61. The third-order valence-corrected chi connectivity index (χ3v) is 6.74. The van der Waals surface area contributed by atoms with Crippen molar-refractivity contribution < 1.29 is 13.2 Å². The van der Waals surface area contributed by atoms with Crippen LogP contribution < -0.4 is 13.5 Å². The minimum atomic E-state index is -3.60. The molecule has 0 unspecified atom stereocenters.